The molecule has 1 aromatic heterocycles. The van der Waals surface area contributed by atoms with Gasteiger partial charge in [0.1, 0.15) is 5.82 Å². The van der Waals surface area contributed by atoms with Gasteiger partial charge in [0, 0.05) is 31.1 Å². The monoisotopic (exact) mass is 436 g/mol. The molecule has 3 atom stereocenters. The lowest BCUT2D eigenvalue weighted by atomic mass is 10.1. The molecule has 3 aromatic rings. The SMILES string of the molecule is Cc1cnn([C@@H]2CCN(Cc3ccccc3)C2)c1NC(=O)[C@@H]1C[C@H]1c1cccc(F)c1F. The molecule has 0 radical (unpaired) electrons. The fourth-order valence-corrected chi connectivity index (χ4v) is 4.72. The highest BCUT2D eigenvalue weighted by Crippen LogP contribution is 2.49. The summed E-state index contributed by atoms with van der Waals surface area (Å²) in [5.41, 5.74) is 2.46. The number of aryl methyl sites for hydroxylation is 1. The normalized spacial score (nSPS) is 22.8. The summed E-state index contributed by atoms with van der Waals surface area (Å²) in [4.78, 5) is 15.3. The number of anilines is 1. The van der Waals surface area contributed by atoms with E-state index in [9.17, 15) is 13.6 Å². The van der Waals surface area contributed by atoms with Gasteiger partial charge in [0.05, 0.1) is 12.2 Å². The van der Waals surface area contributed by atoms with Gasteiger partial charge < -0.3 is 5.32 Å². The molecule has 1 N–H and O–H groups in total. The molecule has 1 aliphatic carbocycles. The van der Waals surface area contributed by atoms with Crippen molar-refractivity contribution in [3.05, 3.63) is 83.1 Å². The Bertz CT molecular complexity index is 1130. The molecule has 2 heterocycles. The zero-order valence-electron chi connectivity index (χ0n) is 18.0. The van der Waals surface area contributed by atoms with Crippen molar-refractivity contribution in [1.82, 2.24) is 14.7 Å². The predicted molar refractivity (Wildman–Crippen MR) is 118 cm³/mol. The standard InChI is InChI=1S/C25H26F2N4O/c1-16-13-28-31(18-10-11-30(15-18)14-17-6-3-2-4-7-17)24(16)29-25(32)21-12-20(21)19-8-5-9-22(26)23(19)27/h2-9,13,18,20-21H,10-12,14-15H2,1H3,(H,29,32)/t18-,20+,21-/m1/s1. The lowest BCUT2D eigenvalue weighted by molar-refractivity contribution is -0.117. The number of likely N-dealkylation sites (tertiary alicyclic amines) is 1. The number of hydrogen-bond donors (Lipinski definition) is 1. The van der Waals surface area contributed by atoms with E-state index < -0.39 is 11.6 Å². The van der Waals surface area contributed by atoms with Gasteiger partial charge in [-0.15, -0.1) is 0 Å². The maximum Gasteiger partial charge on any atom is 0.229 e. The van der Waals surface area contributed by atoms with Crippen LogP contribution in [-0.4, -0.2) is 33.7 Å². The summed E-state index contributed by atoms with van der Waals surface area (Å²) in [7, 11) is 0. The number of carbonyl (C=O) groups is 1. The Morgan fingerprint density at radius 1 is 1.16 bits per heavy atom. The molecule has 1 aliphatic heterocycles. The molecule has 2 fully saturated rings. The minimum Gasteiger partial charge on any atom is -0.310 e. The van der Waals surface area contributed by atoms with Crippen LogP contribution in [0, 0.1) is 24.5 Å². The van der Waals surface area contributed by atoms with E-state index in [-0.39, 0.29) is 29.3 Å². The third kappa shape index (κ3) is 4.05. The van der Waals surface area contributed by atoms with Crippen molar-refractivity contribution in [2.45, 2.75) is 38.3 Å². The van der Waals surface area contributed by atoms with Crippen molar-refractivity contribution in [1.29, 1.82) is 0 Å². The number of benzene rings is 2. The summed E-state index contributed by atoms with van der Waals surface area (Å²) in [5, 5.41) is 7.56. The first kappa shape index (κ1) is 20.8. The second-order valence-electron chi connectivity index (χ2n) is 8.86. The average Bonchev–Trinajstić information content (AvgIpc) is 3.33. The lowest BCUT2D eigenvalue weighted by Gasteiger charge is -2.18. The van der Waals surface area contributed by atoms with E-state index in [4.69, 9.17) is 0 Å². The molecule has 5 rings (SSSR count). The van der Waals surface area contributed by atoms with Gasteiger partial charge >= 0.3 is 0 Å². The van der Waals surface area contributed by atoms with Gasteiger partial charge in [0.15, 0.2) is 11.6 Å². The number of hydrogen-bond acceptors (Lipinski definition) is 3. The summed E-state index contributed by atoms with van der Waals surface area (Å²) in [6.45, 7) is 4.64. The average molecular weight is 437 g/mol. The second kappa shape index (κ2) is 8.47. The highest BCUT2D eigenvalue weighted by molar-refractivity contribution is 5.95. The topological polar surface area (TPSA) is 50.2 Å². The molecule has 1 saturated carbocycles. The molecule has 32 heavy (non-hydrogen) atoms. The maximum absolute atomic E-state index is 14.1. The van der Waals surface area contributed by atoms with Gasteiger partial charge in [0.25, 0.3) is 0 Å². The van der Waals surface area contributed by atoms with Crippen molar-refractivity contribution < 1.29 is 13.6 Å². The van der Waals surface area contributed by atoms with E-state index in [1.807, 2.05) is 29.8 Å². The van der Waals surface area contributed by atoms with Crippen LogP contribution in [0.25, 0.3) is 0 Å². The summed E-state index contributed by atoms with van der Waals surface area (Å²) in [6, 6.07) is 14.7. The van der Waals surface area contributed by atoms with E-state index >= 15 is 0 Å². The number of nitrogens with one attached hydrogen (secondary N) is 1. The first-order valence-electron chi connectivity index (χ1n) is 11.1. The van der Waals surface area contributed by atoms with Crippen LogP contribution in [-0.2, 0) is 11.3 Å². The summed E-state index contributed by atoms with van der Waals surface area (Å²) in [5.74, 6) is -1.82. The van der Waals surface area contributed by atoms with Crippen LogP contribution in [0.1, 0.15) is 41.5 Å². The molecule has 2 aliphatic rings. The molecule has 2 aromatic carbocycles. The largest absolute Gasteiger partial charge is 0.310 e. The van der Waals surface area contributed by atoms with Crippen molar-refractivity contribution in [3.63, 3.8) is 0 Å². The minimum atomic E-state index is -0.872. The van der Waals surface area contributed by atoms with Crippen LogP contribution in [0.15, 0.2) is 54.7 Å². The molecular formula is C25H26F2N4O. The molecule has 7 heteroatoms. The molecule has 0 bridgehead atoms. The molecule has 1 amide bonds. The van der Waals surface area contributed by atoms with Crippen molar-refractivity contribution in [3.8, 4) is 0 Å². The van der Waals surface area contributed by atoms with E-state index in [2.05, 4.69) is 27.4 Å². The van der Waals surface area contributed by atoms with Gasteiger partial charge in [0.2, 0.25) is 5.91 Å². The molecular weight excluding hydrogens is 410 g/mol. The van der Waals surface area contributed by atoms with Gasteiger partial charge in [-0.25, -0.2) is 13.5 Å². The highest BCUT2D eigenvalue weighted by Gasteiger charge is 2.46. The predicted octanol–water partition coefficient (Wildman–Crippen LogP) is 4.66. The number of rotatable bonds is 6. The number of halogens is 2. The van der Waals surface area contributed by atoms with Crippen LogP contribution in [0.5, 0.6) is 0 Å². The highest BCUT2D eigenvalue weighted by atomic mass is 19.2. The fourth-order valence-electron chi connectivity index (χ4n) is 4.72. The first-order valence-corrected chi connectivity index (χ1v) is 11.1. The number of aromatic nitrogens is 2. The third-order valence-electron chi connectivity index (χ3n) is 6.57. The Morgan fingerprint density at radius 2 is 1.97 bits per heavy atom. The van der Waals surface area contributed by atoms with Crippen molar-refractivity contribution >= 4 is 11.7 Å². The summed E-state index contributed by atoms with van der Waals surface area (Å²) >= 11 is 0. The van der Waals surface area contributed by atoms with Crippen LogP contribution in [0.2, 0.25) is 0 Å². The van der Waals surface area contributed by atoms with Crippen LogP contribution in [0.4, 0.5) is 14.6 Å². The summed E-state index contributed by atoms with van der Waals surface area (Å²) < 4.78 is 29.6. The quantitative estimate of drug-likeness (QED) is 0.612. The lowest BCUT2D eigenvalue weighted by Crippen LogP contribution is -2.24. The van der Waals surface area contributed by atoms with E-state index in [1.54, 1.807) is 12.3 Å². The zero-order chi connectivity index (χ0) is 22.2. The minimum absolute atomic E-state index is 0.164. The van der Waals surface area contributed by atoms with Gasteiger partial charge in [-0.1, -0.05) is 42.5 Å². The third-order valence-corrected chi connectivity index (χ3v) is 6.57. The Balaban J connectivity index is 1.25. The van der Waals surface area contributed by atoms with Crippen molar-refractivity contribution in [2.75, 3.05) is 18.4 Å². The Hall–Kier alpha value is -3.06. The Labute approximate surface area is 186 Å². The van der Waals surface area contributed by atoms with Crippen LogP contribution < -0.4 is 5.32 Å². The van der Waals surface area contributed by atoms with Crippen LogP contribution in [0.3, 0.4) is 0 Å². The van der Waals surface area contributed by atoms with E-state index in [0.29, 0.717) is 12.2 Å². The van der Waals surface area contributed by atoms with Gasteiger partial charge in [-0.2, -0.15) is 5.10 Å². The fraction of sp³-hybridized carbons (Fsp3) is 0.360. The smallest absolute Gasteiger partial charge is 0.229 e. The Kier molecular flexibility index (Phi) is 5.51. The van der Waals surface area contributed by atoms with Crippen LogP contribution >= 0.6 is 0 Å². The molecule has 5 nitrogen and oxygen atoms in total. The second-order valence-corrected chi connectivity index (χ2v) is 8.86. The van der Waals surface area contributed by atoms with Gasteiger partial charge in [-0.3, -0.25) is 9.69 Å². The molecule has 1 saturated heterocycles. The van der Waals surface area contributed by atoms with Gasteiger partial charge in [-0.05, 0) is 42.9 Å². The number of carbonyl (C=O) groups excluding carboxylic acids is 1. The summed E-state index contributed by atoms with van der Waals surface area (Å²) in [6.07, 6.45) is 3.25. The van der Waals surface area contributed by atoms with Crippen molar-refractivity contribution in [2.24, 2.45) is 5.92 Å². The first-order chi connectivity index (χ1) is 15.5. The van der Waals surface area contributed by atoms with E-state index in [0.717, 1.165) is 37.7 Å². The zero-order valence-corrected chi connectivity index (χ0v) is 18.0. The number of nitrogens with zero attached hydrogens (tertiary/aromatic N) is 3. The van der Waals surface area contributed by atoms with E-state index in [1.165, 1.54) is 11.6 Å². The molecule has 0 unspecified atom stereocenters. The Morgan fingerprint density at radius 3 is 2.78 bits per heavy atom. The molecule has 166 valence electrons. The maximum atomic E-state index is 14.1. The molecule has 0 spiro atoms. The number of amides is 1.